The quantitative estimate of drug-likeness (QED) is 0.0966. The normalized spacial score (nSPS) is 25.8. The number of hydrogen-bond donors (Lipinski definition) is 1. The van der Waals surface area contributed by atoms with Crippen LogP contribution >= 0.6 is 11.6 Å². The lowest BCUT2D eigenvalue weighted by molar-refractivity contribution is 0.00578. The van der Waals surface area contributed by atoms with Crippen molar-refractivity contribution in [2.75, 3.05) is 105 Å². The lowest BCUT2D eigenvalue weighted by Crippen LogP contribution is -2.45. The number of aliphatic imine (C=N–C) groups is 1. The van der Waals surface area contributed by atoms with Gasteiger partial charge in [-0.3, -0.25) is 0 Å². The van der Waals surface area contributed by atoms with Crippen molar-refractivity contribution in [2.45, 2.75) is 115 Å². The molecule has 400 valence electrons. The highest BCUT2D eigenvalue weighted by molar-refractivity contribution is 6.62. The van der Waals surface area contributed by atoms with Crippen LogP contribution in [0.15, 0.2) is 29.5 Å². The second-order valence-electron chi connectivity index (χ2n) is 20.5. The molecule has 0 saturated carbocycles. The van der Waals surface area contributed by atoms with Gasteiger partial charge in [0.25, 0.3) is 12.9 Å². The average molecular weight is 1060 g/mol. The van der Waals surface area contributed by atoms with Crippen LogP contribution < -0.4 is 30.8 Å². The van der Waals surface area contributed by atoms with E-state index in [1.165, 1.54) is 30.9 Å². The number of morpholine rings is 4. The highest BCUT2D eigenvalue weighted by Gasteiger charge is 2.53. The molecule has 0 spiro atoms. The Morgan fingerprint density at radius 2 is 1.23 bits per heavy atom. The molecule has 7 saturated heterocycles. The van der Waals surface area contributed by atoms with Gasteiger partial charge < -0.3 is 58.5 Å². The van der Waals surface area contributed by atoms with Crippen LogP contribution in [0.5, 0.6) is 0 Å². The van der Waals surface area contributed by atoms with Gasteiger partial charge in [-0.2, -0.15) is 29.9 Å². The smallest absolute Gasteiger partial charge is 0.399 e. The van der Waals surface area contributed by atoms with Crippen LogP contribution in [0.2, 0.25) is 5.28 Å². The van der Waals surface area contributed by atoms with Crippen LogP contribution in [0.1, 0.15) is 78.4 Å². The summed E-state index contributed by atoms with van der Waals surface area (Å²) in [4.78, 5) is 49.4. The van der Waals surface area contributed by atoms with Gasteiger partial charge in [-0.05, 0) is 78.1 Å². The fourth-order valence-corrected chi connectivity index (χ4v) is 9.73. The van der Waals surface area contributed by atoms with Crippen LogP contribution in [-0.4, -0.2) is 186 Å². The fourth-order valence-electron chi connectivity index (χ4n) is 9.58. The molecular formula is C47H63BClF4N15O6. The van der Waals surface area contributed by atoms with Gasteiger partial charge in [0.15, 0.2) is 11.6 Å². The lowest BCUT2D eigenvalue weighted by atomic mass is 9.77. The molecule has 27 heteroatoms. The first-order chi connectivity index (χ1) is 35.2. The minimum absolute atomic E-state index is 0.0272. The monoisotopic (exact) mass is 1060 g/mol. The van der Waals surface area contributed by atoms with Crippen molar-refractivity contribution in [2.24, 2.45) is 4.99 Å². The molecule has 0 aromatic carbocycles. The zero-order chi connectivity index (χ0) is 52.6. The molecule has 21 nitrogen and oxygen atoms in total. The molecule has 4 aromatic rings. The van der Waals surface area contributed by atoms with E-state index in [2.05, 4.69) is 61.5 Å². The first kappa shape index (κ1) is 53.5. The number of rotatable bonds is 10. The Kier molecular flexibility index (Phi) is 15.9. The zero-order valence-electron chi connectivity index (χ0n) is 42.7. The molecule has 6 atom stereocenters. The molecule has 11 heterocycles. The molecule has 2 N–H and O–H groups in total. The van der Waals surface area contributed by atoms with Crippen LogP contribution in [0.4, 0.5) is 53.0 Å². The number of fused-ring (bicyclic) bond motifs is 4. The first-order valence-electron chi connectivity index (χ1n) is 24.7. The molecule has 7 fully saturated rings. The van der Waals surface area contributed by atoms with Crippen molar-refractivity contribution in [1.29, 1.82) is 0 Å². The van der Waals surface area contributed by atoms with Crippen molar-refractivity contribution in [1.82, 2.24) is 44.8 Å². The minimum atomic E-state index is -2.73. The number of hydrogen-bond acceptors (Lipinski definition) is 20. The number of aromatic nitrogens is 8. The highest BCUT2D eigenvalue weighted by Crippen LogP contribution is 2.39. The predicted octanol–water partition coefficient (Wildman–Crippen LogP) is 4.92. The number of alkyl halides is 4. The Hall–Kier alpha value is -5.38. The van der Waals surface area contributed by atoms with E-state index in [1.807, 2.05) is 39.5 Å². The van der Waals surface area contributed by atoms with Gasteiger partial charge in [0.2, 0.25) is 29.1 Å². The van der Waals surface area contributed by atoms with Gasteiger partial charge in [0, 0.05) is 74.8 Å². The summed E-state index contributed by atoms with van der Waals surface area (Å²) in [7, 11) is 2.70. The Bertz CT molecular complexity index is 2600. The second-order valence-corrected chi connectivity index (χ2v) is 20.8. The van der Waals surface area contributed by atoms with Crippen LogP contribution in [0.25, 0.3) is 11.4 Å². The number of pyridine rings is 2. The third kappa shape index (κ3) is 11.7. The lowest BCUT2D eigenvalue weighted by Gasteiger charge is -2.34. The summed E-state index contributed by atoms with van der Waals surface area (Å²) < 4.78 is 88.3. The van der Waals surface area contributed by atoms with Gasteiger partial charge in [0.1, 0.15) is 5.82 Å². The second kappa shape index (κ2) is 22.1. The third-order valence-corrected chi connectivity index (χ3v) is 14.5. The summed E-state index contributed by atoms with van der Waals surface area (Å²) in [6.07, 6.45) is 1.18. The van der Waals surface area contributed by atoms with Crippen LogP contribution in [0.3, 0.4) is 0 Å². The van der Waals surface area contributed by atoms with E-state index in [0.29, 0.717) is 82.1 Å². The van der Waals surface area contributed by atoms with Crippen molar-refractivity contribution in [3.8, 4) is 11.4 Å². The van der Waals surface area contributed by atoms with Gasteiger partial charge in [-0.25, -0.2) is 32.5 Å². The molecule has 0 radical (unpaired) electrons. The van der Waals surface area contributed by atoms with E-state index in [4.69, 9.17) is 50.6 Å². The Morgan fingerprint density at radius 1 is 0.716 bits per heavy atom. The first-order valence-corrected chi connectivity index (χ1v) is 25.1. The maximum atomic E-state index is 13.7. The standard InChI is InChI=1S/C19H23F2N7O2.C15H22BF2N3O2.C13H18ClN5O2/c1-10-8-29-3-2-27(10)18-24-17(14-6-23-15(22)5-13(14)16(20)21)25-19(26-18)28-7-12-4-11(28)9-30-12;1-14(2)15(3,4)23-16(22-14)11-8-19-12(20-9-21(5)6)7-10(11)13(17)18;1-8-6-20-3-2-18(8)12-15-11(14)16-13(17-12)19-5-10-4-9(19)7-21-10/h5-6,10-12,16H,2-4,7-9H2,1H3,(H2,22,23);7-9,13H,1-6H3;8-10H,2-7H2,1H3/t10-,11-,12-;;8-,9-,10-/m1.1/s1. The number of nitrogen functional groups attached to an aromatic ring is 1. The van der Waals surface area contributed by atoms with Gasteiger partial charge >= 0.3 is 7.12 Å². The van der Waals surface area contributed by atoms with Gasteiger partial charge in [0.05, 0.1) is 93.6 Å². The Balaban J connectivity index is 0.000000139. The number of nitrogens with two attached hydrogens (primary N) is 1. The van der Waals surface area contributed by atoms with E-state index < -0.39 is 31.2 Å². The number of halogens is 5. The molecule has 0 unspecified atom stereocenters. The molecule has 0 aliphatic carbocycles. The zero-order valence-corrected chi connectivity index (χ0v) is 43.5. The number of nitrogens with zero attached hydrogens (tertiary/aromatic N) is 14. The van der Waals surface area contributed by atoms with Gasteiger partial charge in [-0.15, -0.1) is 0 Å². The minimum Gasteiger partial charge on any atom is -0.399 e. The SMILES string of the molecule is CN(C)C=Nc1cc(C(F)F)c(B2OC(C)(C)C(C)(C)O2)cn1.C[C@@H]1COCCN1c1nc(-c2cnc(N)cc2C(F)F)nc(N2C[C@H]3C[C@@H]2CO3)n1.C[C@@H]1COCCN1c1nc(Cl)nc(N2C[C@H]3C[C@@H]2CO3)n1. The topological polar surface area (TPSA) is 213 Å². The van der Waals surface area contributed by atoms with E-state index in [9.17, 15) is 17.6 Å². The number of ether oxygens (including phenoxy) is 4. The summed E-state index contributed by atoms with van der Waals surface area (Å²) in [5.74, 6) is 2.64. The largest absolute Gasteiger partial charge is 0.496 e. The molecule has 0 amide bonds. The fraction of sp³-hybridized carbons (Fsp3) is 0.638. The maximum absolute atomic E-state index is 13.7. The highest BCUT2D eigenvalue weighted by atomic mass is 35.5. The molecule has 7 aliphatic heterocycles. The van der Waals surface area contributed by atoms with E-state index in [0.717, 1.165) is 32.5 Å². The van der Waals surface area contributed by atoms with E-state index in [1.54, 1.807) is 19.0 Å². The van der Waals surface area contributed by atoms with Gasteiger partial charge in [-0.1, -0.05) is 0 Å². The molecule has 74 heavy (non-hydrogen) atoms. The third-order valence-electron chi connectivity index (χ3n) is 14.3. The van der Waals surface area contributed by atoms with E-state index in [-0.39, 0.29) is 69.1 Å². The summed E-state index contributed by atoms with van der Waals surface area (Å²) in [5, 5.41) is 0.248. The Labute approximate surface area is 432 Å². The predicted molar refractivity (Wildman–Crippen MR) is 270 cm³/mol. The molecule has 11 rings (SSSR count). The molecule has 4 aromatic heterocycles. The maximum Gasteiger partial charge on any atom is 0.496 e. The summed E-state index contributed by atoms with van der Waals surface area (Å²) in [6.45, 7) is 18.3. The van der Waals surface area contributed by atoms with Crippen LogP contribution in [0, 0.1) is 0 Å². The molecule has 7 aliphatic rings. The molecular weight excluding hydrogens is 993 g/mol. The molecule has 4 bridgehead atoms. The van der Waals surface area contributed by atoms with Crippen molar-refractivity contribution in [3.05, 3.63) is 40.9 Å². The van der Waals surface area contributed by atoms with Crippen molar-refractivity contribution < 1.29 is 45.8 Å². The van der Waals surface area contributed by atoms with Crippen LogP contribution in [-0.2, 0) is 28.3 Å². The number of anilines is 5. The summed E-state index contributed by atoms with van der Waals surface area (Å²) in [6, 6.07) is 3.28. The average Bonchev–Trinajstić information content (AvgIpc) is 4.23. The Morgan fingerprint density at radius 3 is 1.70 bits per heavy atom. The summed E-state index contributed by atoms with van der Waals surface area (Å²) in [5.41, 5.74) is 4.42. The van der Waals surface area contributed by atoms with Crippen molar-refractivity contribution >= 4 is 65.9 Å². The summed E-state index contributed by atoms with van der Waals surface area (Å²) >= 11 is 6.12. The van der Waals surface area contributed by atoms with E-state index >= 15 is 0 Å². The van der Waals surface area contributed by atoms with Crippen molar-refractivity contribution in [3.63, 3.8) is 0 Å².